The van der Waals surface area contributed by atoms with Crippen molar-refractivity contribution in [1.29, 1.82) is 0 Å². The van der Waals surface area contributed by atoms with Crippen molar-refractivity contribution in [2.24, 2.45) is 4.99 Å². The Kier molecular flexibility index (Phi) is 7.44. The van der Waals surface area contributed by atoms with Crippen molar-refractivity contribution in [3.05, 3.63) is 35.9 Å². The third-order valence-electron chi connectivity index (χ3n) is 3.18. The first kappa shape index (κ1) is 18.2. The van der Waals surface area contributed by atoms with Gasteiger partial charge in [-0.15, -0.1) is 24.0 Å². The molecule has 0 amide bonds. The molecule has 0 radical (unpaired) electrons. The predicted octanol–water partition coefficient (Wildman–Crippen LogP) is 1.55. The zero-order chi connectivity index (χ0) is 14.4. The molecule has 1 saturated heterocycles. The number of rotatable bonds is 4. The molecule has 0 spiro atoms. The second-order valence-electron chi connectivity index (χ2n) is 4.93. The number of sulfone groups is 1. The number of aliphatic imine (C=N–C) groups is 1. The van der Waals surface area contributed by atoms with E-state index >= 15 is 0 Å². The van der Waals surface area contributed by atoms with E-state index in [0.29, 0.717) is 18.9 Å². The Balaban J connectivity index is 0.00000220. The molecule has 1 aromatic rings. The quantitative estimate of drug-likeness (QED) is 0.438. The molecule has 21 heavy (non-hydrogen) atoms. The van der Waals surface area contributed by atoms with Gasteiger partial charge in [-0.2, -0.15) is 0 Å². The summed E-state index contributed by atoms with van der Waals surface area (Å²) < 4.78 is 22.9. The average Bonchev–Trinajstić information content (AvgIpc) is 2.77. The van der Waals surface area contributed by atoms with Crippen molar-refractivity contribution >= 4 is 39.8 Å². The Bertz CT molecular complexity index is 561. The van der Waals surface area contributed by atoms with E-state index in [1.807, 2.05) is 37.3 Å². The number of hydrogen-bond donors (Lipinski definition) is 2. The molecule has 0 aromatic heterocycles. The molecule has 2 rings (SSSR count). The minimum atomic E-state index is -2.87. The Morgan fingerprint density at radius 3 is 2.62 bits per heavy atom. The topological polar surface area (TPSA) is 70.6 Å². The van der Waals surface area contributed by atoms with E-state index < -0.39 is 9.84 Å². The molecular formula is C14H22IN3O2S. The number of nitrogens with zero attached hydrogens (tertiary/aromatic N) is 1. The summed E-state index contributed by atoms with van der Waals surface area (Å²) in [5.74, 6) is 1.14. The van der Waals surface area contributed by atoms with E-state index in [4.69, 9.17) is 0 Å². The summed E-state index contributed by atoms with van der Waals surface area (Å²) in [4.78, 5) is 4.49. The first-order chi connectivity index (χ1) is 9.59. The molecule has 1 aliphatic heterocycles. The highest BCUT2D eigenvalue weighted by atomic mass is 127. The molecule has 2 N–H and O–H groups in total. The van der Waals surface area contributed by atoms with E-state index in [2.05, 4.69) is 15.6 Å². The van der Waals surface area contributed by atoms with Gasteiger partial charge < -0.3 is 10.6 Å². The highest BCUT2D eigenvalue weighted by Crippen LogP contribution is 2.11. The summed E-state index contributed by atoms with van der Waals surface area (Å²) >= 11 is 0. The average molecular weight is 423 g/mol. The molecule has 1 heterocycles. The Labute approximate surface area is 143 Å². The number of halogens is 1. The van der Waals surface area contributed by atoms with Gasteiger partial charge in [-0.3, -0.25) is 0 Å². The van der Waals surface area contributed by atoms with E-state index in [9.17, 15) is 8.42 Å². The standard InChI is InChI=1S/C14H21N3O2S.HI/c1-2-15-14(16-10-12-6-4-3-5-7-12)17-13-8-9-20(18,19)11-13;/h3-7,13H,2,8-11H2,1H3,(H2,15,16,17);1H. The van der Waals surface area contributed by atoms with Crippen LogP contribution in [0.3, 0.4) is 0 Å². The molecule has 0 bridgehead atoms. The van der Waals surface area contributed by atoms with Crippen LogP contribution in [0.25, 0.3) is 0 Å². The van der Waals surface area contributed by atoms with Crippen LogP contribution >= 0.6 is 24.0 Å². The summed E-state index contributed by atoms with van der Waals surface area (Å²) in [5.41, 5.74) is 1.13. The van der Waals surface area contributed by atoms with Crippen molar-refractivity contribution < 1.29 is 8.42 Å². The summed E-state index contributed by atoms with van der Waals surface area (Å²) in [6.45, 7) is 3.32. The molecular weight excluding hydrogens is 401 g/mol. The Hall–Kier alpha value is -0.830. The first-order valence-corrected chi connectivity index (χ1v) is 8.70. The third kappa shape index (κ3) is 6.21. The fraction of sp³-hybridized carbons (Fsp3) is 0.500. The van der Waals surface area contributed by atoms with Crippen LogP contribution in [0.1, 0.15) is 18.9 Å². The van der Waals surface area contributed by atoms with Crippen molar-refractivity contribution in [2.75, 3.05) is 18.1 Å². The predicted molar refractivity (Wildman–Crippen MR) is 96.9 cm³/mol. The van der Waals surface area contributed by atoms with Crippen LogP contribution in [-0.2, 0) is 16.4 Å². The lowest BCUT2D eigenvalue weighted by atomic mass is 10.2. The Morgan fingerprint density at radius 1 is 1.33 bits per heavy atom. The van der Waals surface area contributed by atoms with Crippen LogP contribution in [0.4, 0.5) is 0 Å². The molecule has 1 unspecified atom stereocenters. The maximum absolute atomic E-state index is 11.5. The van der Waals surface area contributed by atoms with Crippen LogP contribution in [0.15, 0.2) is 35.3 Å². The van der Waals surface area contributed by atoms with E-state index in [1.165, 1.54) is 0 Å². The fourth-order valence-corrected chi connectivity index (χ4v) is 3.85. The SMILES string of the molecule is CCNC(=NCc1ccccc1)NC1CCS(=O)(=O)C1.I. The third-order valence-corrected chi connectivity index (χ3v) is 4.95. The van der Waals surface area contributed by atoms with Crippen LogP contribution in [-0.4, -0.2) is 38.5 Å². The molecule has 1 aliphatic rings. The smallest absolute Gasteiger partial charge is 0.191 e. The van der Waals surface area contributed by atoms with Crippen LogP contribution < -0.4 is 10.6 Å². The van der Waals surface area contributed by atoms with Gasteiger partial charge in [-0.05, 0) is 18.9 Å². The second kappa shape index (κ2) is 8.57. The van der Waals surface area contributed by atoms with Gasteiger partial charge in [0.2, 0.25) is 0 Å². The monoisotopic (exact) mass is 423 g/mol. The molecule has 1 aromatic carbocycles. The van der Waals surface area contributed by atoms with Gasteiger partial charge in [0.1, 0.15) is 0 Å². The summed E-state index contributed by atoms with van der Waals surface area (Å²) in [6, 6.07) is 9.94. The van der Waals surface area contributed by atoms with E-state index in [0.717, 1.165) is 12.1 Å². The van der Waals surface area contributed by atoms with Gasteiger partial charge in [-0.1, -0.05) is 30.3 Å². The highest BCUT2D eigenvalue weighted by Gasteiger charge is 2.28. The molecule has 1 atom stereocenters. The number of guanidine groups is 1. The van der Waals surface area contributed by atoms with Crippen molar-refractivity contribution in [3.8, 4) is 0 Å². The maximum atomic E-state index is 11.5. The lowest BCUT2D eigenvalue weighted by Crippen LogP contribution is -2.44. The fourth-order valence-electron chi connectivity index (χ4n) is 2.18. The number of hydrogen-bond acceptors (Lipinski definition) is 3. The molecule has 0 saturated carbocycles. The Morgan fingerprint density at radius 2 is 2.05 bits per heavy atom. The first-order valence-electron chi connectivity index (χ1n) is 6.88. The van der Waals surface area contributed by atoms with Crippen LogP contribution in [0.2, 0.25) is 0 Å². The van der Waals surface area contributed by atoms with Crippen molar-refractivity contribution in [1.82, 2.24) is 10.6 Å². The summed E-state index contributed by atoms with van der Waals surface area (Å²) in [7, 11) is -2.87. The largest absolute Gasteiger partial charge is 0.357 e. The van der Waals surface area contributed by atoms with Crippen molar-refractivity contribution in [3.63, 3.8) is 0 Å². The zero-order valence-electron chi connectivity index (χ0n) is 12.1. The normalized spacial score (nSPS) is 20.6. The molecule has 5 nitrogen and oxygen atoms in total. The second-order valence-corrected chi connectivity index (χ2v) is 7.15. The highest BCUT2D eigenvalue weighted by molar-refractivity contribution is 14.0. The van der Waals surface area contributed by atoms with Gasteiger partial charge in [0.25, 0.3) is 0 Å². The maximum Gasteiger partial charge on any atom is 0.191 e. The van der Waals surface area contributed by atoms with Crippen molar-refractivity contribution in [2.45, 2.75) is 25.9 Å². The van der Waals surface area contributed by atoms with Gasteiger partial charge in [0, 0.05) is 12.6 Å². The van der Waals surface area contributed by atoms with Gasteiger partial charge in [0.15, 0.2) is 15.8 Å². The van der Waals surface area contributed by atoms with Crippen LogP contribution in [0.5, 0.6) is 0 Å². The summed E-state index contributed by atoms with van der Waals surface area (Å²) in [6.07, 6.45) is 0.651. The minimum absolute atomic E-state index is 0. The molecule has 0 aliphatic carbocycles. The lowest BCUT2D eigenvalue weighted by molar-refractivity contribution is 0.599. The minimum Gasteiger partial charge on any atom is -0.357 e. The summed E-state index contributed by atoms with van der Waals surface area (Å²) in [5, 5.41) is 6.35. The molecule has 118 valence electrons. The number of nitrogens with one attached hydrogen (secondary N) is 2. The number of benzene rings is 1. The zero-order valence-corrected chi connectivity index (χ0v) is 15.2. The molecule has 1 fully saturated rings. The van der Waals surface area contributed by atoms with Gasteiger partial charge in [-0.25, -0.2) is 13.4 Å². The van der Waals surface area contributed by atoms with Gasteiger partial charge >= 0.3 is 0 Å². The lowest BCUT2D eigenvalue weighted by Gasteiger charge is -2.15. The van der Waals surface area contributed by atoms with E-state index in [1.54, 1.807) is 0 Å². The van der Waals surface area contributed by atoms with Crippen LogP contribution in [0, 0.1) is 0 Å². The van der Waals surface area contributed by atoms with Gasteiger partial charge in [0.05, 0.1) is 18.1 Å². The molecule has 7 heteroatoms. The van der Waals surface area contributed by atoms with E-state index in [-0.39, 0.29) is 41.5 Å².